The number of hydrogen-bond acceptors (Lipinski definition) is 3. The number of amides is 2. The Bertz CT molecular complexity index is 690. The van der Waals surface area contributed by atoms with E-state index in [0.29, 0.717) is 11.3 Å². The van der Waals surface area contributed by atoms with Crippen molar-refractivity contribution in [2.75, 3.05) is 0 Å². The van der Waals surface area contributed by atoms with Crippen LogP contribution in [0.2, 0.25) is 5.02 Å². The number of carbonyl (C=O) groups is 1. The molecule has 2 amide bonds. The minimum atomic E-state index is -0.736. The van der Waals surface area contributed by atoms with E-state index in [-0.39, 0.29) is 11.6 Å². The summed E-state index contributed by atoms with van der Waals surface area (Å²) in [6.07, 6.45) is 1.44. The molecule has 0 atom stereocenters. The monoisotopic (exact) mass is 321 g/mol. The van der Waals surface area contributed by atoms with Crippen LogP contribution in [0.15, 0.2) is 47.6 Å². The Balaban J connectivity index is 1.95. The van der Waals surface area contributed by atoms with Crippen LogP contribution in [0.1, 0.15) is 11.1 Å². The van der Waals surface area contributed by atoms with Gasteiger partial charge in [0.25, 0.3) is 0 Å². The number of halogens is 2. The smallest absolute Gasteiger partial charge is 0.332 e. The molecule has 0 aliphatic carbocycles. The number of urea groups is 1. The van der Waals surface area contributed by atoms with Gasteiger partial charge in [0.15, 0.2) is 0 Å². The Hall–Kier alpha value is -2.60. The molecular weight excluding hydrogens is 309 g/mol. The summed E-state index contributed by atoms with van der Waals surface area (Å²) < 4.78 is 19.2. The second kappa shape index (κ2) is 7.42. The van der Waals surface area contributed by atoms with Gasteiger partial charge in [0.2, 0.25) is 0 Å². The summed E-state index contributed by atoms with van der Waals surface area (Å²) in [7, 11) is 0. The normalized spacial score (nSPS) is 10.6. The maximum atomic E-state index is 13.7. The first-order chi connectivity index (χ1) is 10.6. The Kier molecular flexibility index (Phi) is 5.32. The van der Waals surface area contributed by atoms with Crippen LogP contribution in [0.3, 0.4) is 0 Å². The first-order valence-electron chi connectivity index (χ1n) is 6.30. The molecular formula is C15H13ClFN3O2. The summed E-state index contributed by atoms with van der Waals surface area (Å²) in [5, 5.41) is 3.70. The minimum Gasteiger partial charge on any atom is -0.489 e. The van der Waals surface area contributed by atoms with Crippen LogP contribution in [-0.2, 0) is 6.61 Å². The number of benzene rings is 2. The van der Waals surface area contributed by atoms with Gasteiger partial charge < -0.3 is 10.5 Å². The second-order valence-electron chi connectivity index (χ2n) is 4.30. The molecule has 7 heteroatoms. The summed E-state index contributed by atoms with van der Waals surface area (Å²) in [5.41, 5.74) is 8.09. The van der Waals surface area contributed by atoms with Gasteiger partial charge in [-0.25, -0.2) is 14.6 Å². The van der Waals surface area contributed by atoms with Gasteiger partial charge in [-0.05, 0) is 35.9 Å². The molecule has 0 spiro atoms. The van der Waals surface area contributed by atoms with Gasteiger partial charge in [-0.1, -0.05) is 23.7 Å². The van der Waals surface area contributed by atoms with E-state index in [2.05, 4.69) is 10.5 Å². The lowest BCUT2D eigenvalue weighted by Gasteiger charge is -2.08. The number of hydrazone groups is 1. The topological polar surface area (TPSA) is 76.7 Å². The zero-order valence-corrected chi connectivity index (χ0v) is 12.2. The lowest BCUT2D eigenvalue weighted by molar-refractivity contribution is 0.249. The van der Waals surface area contributed by atoms with Crippen LogP contribution in [0.4, 0.5) is 9.18 Å². The molecule has 0 heterocycles. The zero-order valence-electron chi connectivity index (χ0n) is 11.4. The predicted molar refractivity (Wildman–Crippen MR) is 82.5 cm³/mol. The minimum absolute atomic E-state index is 0.0645. The molecule has 0 unspecified atom stereocenters. The van der Waals surface area contributed by atoms with Crippen molar-refractivity contribution in [2.24, 2.45) is 10.8 Å². The van der Waals surface area contributed by atoms with E-state index in [9.17, 15) is 9.18 Å². The van der Waals surface area contributed by atoms with Crippen molar-refractivity contribution in [2.45, 2.75) is 6.61 Å². The molecule has 5 nitrogen and oxygen atoms in total. The largest absolute Gasteiger partial charge is 0.489 e. The van der Waals surface area contributed by atoms with E-state index in [4.69, 9.17) is 22.1 Å². The Labute approximate surface area is 131 Å². The van der Waals surface area contributed by atoms with Crippen molar-refractivity contribution < 1.29 is 13.9 Å². The zero-order chi connectivity index (χ0) is 15.9. The van der Waals surface area contributed by atoms with Crippen molar-refractivity contribution in [3.05, 3.63) is 64.4 Å². The number of ether oxygens (including phenoxy) is 1. The standard InChI is InChI=1S/C15H13ClFN3O2/c16-13-3-1-2-11(14(13)17)9-22-12-6-4-10(5-7-12)8-19-20-15(18)21/h1-8H,9H2,(H3,18,20,21). The van der Waals surface area contributed by atoms with Gasteiger partial charge in [-0.15, -0.1) is 0 Å². The molecule has 0 aliphatic rings. The highest BCUT2D eigenvalue weighted by Crippen LogP contribution is 2.20. The number of nitrogens with two attached hydrogens (primary N) is 1. The number of nitrogens with one attached hydrogen (secondary N) is 1. The molecule has 2 aromatic rings. The average molecular weight is 322 g/mol. The number of hydrogen-bond donors (Lipinski definition) is 2. The first kappa shape index (κ1) is 15.8. The Morgan fingerprint density at radius 2 is 2.05 bits per heavy atom. The van der Waals surface area contributed by atoms with Gasteiger partial charge in [0, 0.05) is 5.56 Å². The van der Waals surface area contributed by atoms with E-state index in [1.807, 2.05) is 0 Å². The molecule has 22 heavy (non-hydrogen) atoms. The van der Waals surface area contributed by atoms with E-state index < -0.39 is 11.8 Å². The van der Waals surface area contributed by atoms with Gasteiger partial charge >= 0.3 is 6.03 Å². The highest BCUT2D eigenvalue weighted by atomic mass is 35.5. The predicted octanol–water partition coefficient (Wildman–Crippen LogP) is 3.06. The number of nitrogens with zero attached hydrogens (tertiary/aromatic N) is 1. The molecule has 0 aliphatic heterocycles. The lowest BCUT2D eigenvalue weighted by Crippen LogP contribution is -2.24. The van der Waals surface area contributed by atoms with Crippen molar-refractivity contribution in [1.29, 1.82) is 0 Å². The third-order valence-corrected chi connectivity index (χ3v) is 2.99. The summed E-state index contributed by atoms with van der Waals surface area (Å²) in [4.78, 5) is 10.5. The van der Waals surface area contributed by atoms with Crippen LogP contribution in [0.5, 0.6) is 5.75 Å². The molecule has 0 aromatic heterocycles. The summed E-state index contributed by atoms with van der Waals surface area (Å²) >= 11 is 5.70. The van der Waals surface area contributed by atoms with Gasteiger partial charge in [-0.3, -0.25) is 0 Å². The maximum Gasteiger partial charge on any atom is 0.332 e. The molecule has 0 saturated carbocycles. The van der Waals surface area contributed by atoms with Gasteiger partial charge in [-0.2, -0.15) is 5.10 Å². The number of rotatable bonds is 5. The molecule has 2 rings (SSSR count). The van der Waals surface area contributed by atoms with Gasteiger partial charge in [0.05, 0.1) is 11.2 Å². The highest BCUT2D eigenvalue weighted by Gasteiger charge is 2.06. The van der Waals surface area contributed by atoms with Crippen LogP contribution in [0.25, 0.3) is 0 Å². The third kappa shape index (κ3) is 4.46. The second-order valence-corrected chi connectivity index (χ2v) is 4.71. The molecule has 0 radical (unpaired) electrons. The SMILES string of the molecule is NC(=O)NN=Cc1ccc(OCc2cccc(Cl)c2F)cc1. The Morgan fingerprint density at radius 3 is 2.73 bits per heavy atom. The summed E-state index contributed by atoms with van der Waals surface area (Å²) in [6.45, 7) is 0.0725. The Morgan fingerprint density at radius 1 is 1.32 bits per heavy atom. The molecule has 114 valence electrons. The van der Waals surface area contributed by atoms with E-state index in [0.717, 1.165) is 5.56 Å². The number of carbonyl (C=O) groups excluding carboxylic acids is 1. The van der Waals surface area contributed by atoms with Crippen LogP contribution in [0, 0.1) is 5.82 Å². The van der Waals surface area contributed by atoms with Crippen LogP contribution >= 0.6 is 11.6 Å². The van der Waals surface area contributed by atoms with E-state index in [1.54, 1.807) is 36.4 Å². The van der Waals surface area contributed by atoms with E-state index in [1.165, 1.54) is 12.3 Å². The third-order valence-electron chi connectivity index (χ3n) is 2.69. The molecule has 0 bridgehead atoms. The van der Waals surface area contributed by atoms with Crippen molar-refractivity contribution in [3.8, 4) is 5.75 Å². The van der Waals surface area contributed by atoms with E-state index >= 15 is 0 Å². The lowest BCUT2D eigenvalue weighted by atomic mass is 10.2. The molecule has 3 N–H and O–H groups in total. The summed E-state index contributed by atoms with van der Waals surface area (Å²) in [6, 6.07) is 10.9. The van der Waals surface area contributed by atoms with Gasteiger partial charge in [0.1, 0.15) is 18.2 Å². The van der Waals surface area contributed by atoms with Crippen molar-refractivity contribution >= 4 is 23.8 Å². The molecule has 2 aromatic carbocycles. The highest BCUT2D eigenvalue weighted by molar-refractivity contribution is 6.30. The summed E-state index contributed by atoms with van der Waals surface area (Å²) in [5.74, 6) is 0.0878. The number of primary amides is 1. The first-order valence-corrected chi connectivity index (χ1v) is 6.68. The van der Waals surface area contributed by atoms with Crippen LogP contribution in [-0.4, -0.2) is 12.2 Å². The van der Waals surface area contributed by atoms with Crippen molar-refractivity contribution in [1.82, 2.24) is 5.43 Å². The van der Waals surface area contributed by atoms with Crippen molar-refractivity contribution in [3.63, 3.8) is 0 Å². The maximum absolute atomic E-state index is 13.7. The fourth-order valence-electron chi connectivity index (χ4n) is 1.64. The fourth-order valence-corrected chi connectivity index (χ4v) is 1.84. The fraction of sp³-hybridized carbons (Fsp3) is 0.0667. The average Bonchev–Trinajstić information content (AvgIpc) is 2.50. The quantitative estimate of drug-likeness (QED) is 0.656. The molecule has 0 fully saturated rings. The molecule has 0 saturated heterocycles. The van der Waals surface area contributed by atoms with Crippen LogP contribution < -0.4 is 15.9 Å².